The molecule has 0 unspecified atom stereocenters. The van der Waals surface area contributed by atoms with Crippen molar-refractivity contribution in [2.24, 2.45) is 0 Å². The van der Waals surface area contributed by atoms with Gasteiger partial charge in [-0.2, -0.15) is 0 Å². The summed E-state index contributed by atoms with van der Waals surface area (Å²) in [6.45, 7) is 1.72. The van der Waals surface area contributed by atoms with E-state index in [1.807, 2.05) is 12.1 Å². The Morgan fingerprint density at radius 2 is 2.04 bits per heavy atom. The normalized spacial score (nSPS) is 11.1. The predicted molar refractivity (Wildman–Crippen MR) is 94.0 cm³/mol. The number of carboxylic acids is 1. The van der Waals surface area contributed by atoms with Crippen LogP contribution in [-0.4, -0.2) is 16.1 Å². The third-order valence-electron chi connectivity index (χ3n) is 4.13. The lowest BCUT2D eigenvalue weighted by Gasteiger charge is -2.06. The number of hydrogen-bond acceptors (Lipinski definition) is 1. The second-order valence-electron chi connectivity index (χ2n) is 5.88. The van der Waals surface area contributed by atoms with Crippen LogP contribution in [0.4, 0.5) is 4.39 Å². The Labute approximate surface area is 144 Å². The fraction of sp³-hybridized carbons (Fsp3) is 0.211. The minimum atomic E-state index is -0.813. The van der Waals surface area contributed by atoms with E-state index in [4.69, 9.17) is 16.7 Å². The highest BCUT2D eigenvalue weighted by Gasteiger charge is 2.15. The second-order valence-corrected chi connectivity index (χ2v) is 6.32. The summed E-state index contributed by atoms with van der Waals surface area (Å²) in [4.78, 5) is 14.2. The third-order valence-corrected chi connectivity index (χ3v) is 4.37. The summed E-state index contributed by atoms with van der Waals surface area (Å²) < 4.78 is 13.6. The van der Waals surface area contributed by atoms with Gasteiger partial charge in [0.1, 0.15) is 5.82 Å². The largest absolute Gasteiger partial charge is 0.481 e. The number of rotatable bonds is 5. The van der Waals surface area contributed by atoms with Crippen molar-refractivity contribution in [3.05, 3.63) is 58.4 Å². The van der Waals surface area contributed by atoms with E-state index >= 15 is 0 Å². The van der Waals surface area contributed by atoms with Gasteiger partial charge in [0.2, 0.25) is 0 Å². The molecule has 24 heavy (non-hydrogen) atoms. The summed E-state index contributed by atoms with van der Waals surface area (Å²) in [6, 6.07) is 10.6. The Morgan fingerprint density at radius 1 is 1.25 bits per heavy atom. The van der Waals surface area contributed by atoms with E-state index in [2.05, 4.69) is 4.98 Å². The lowest BCUT2D eigenvalue weighted by molar-refractivity contribution is -0.137. The van der Waals surface area contributed by atoms with Crippen LogP contribution in [-0.2, 0) is 11.2 Å². The molecule has 1 heterocycles. The summed E-state index contributed by atoms with van der Waals surface area (Å²) in [7, 11) is 0. The van der Waals surface area contributed by atoms with Crippen molar-refractivity contribution in [2.45, 2.75) is 26.2 Å². The molecule has 0 atom stereocenters. The third kappa shape index (κ3) is 3.29. The lowest BCUT2D eigenvalue weighted by Crippen LogP contribution is -1.97. The van der Waals surface area contributed by atoms with Crippen molar-refractivity contribution in [2.75, 3.05) is 0 Å². The maximum Gasteiger partial charge on any atom is 0.303 e. The van der Waals surface area contributed by atoms with Crippen molar-refractivity contribution in [3.63, 3.8) is 0 Å². The SMILES string of the molecule is Cc1cc(-c2[nH]c3ccc(Cl)cc3c2CCCC(=O)O)ccc1F. The zero-order valence-electron chi connectivity index (χ0n) is 13.2. The maximum absolute atomic E-state index is 13.6. The summed E-state index contributed by atoms with van der Waals surface area (Å²) >= 11 is 6.12. The molecular weight excluding hydrogens is 329 g/mol. The lowest BCUT2D eigenvalue weighted by atomic mass is 9.99. The van der Waals surface area contributed by atoms with E-state index in [9.17, 15) is 9.18 Å². The van der Waals surface area contributed by atoms with Crippen molar-refractivity contribution in [1.82, 2.24) is 4.98 Å². The van der Waals surface area contributed by atoms with Gasteiger partial charge in [-0.05, 0) is 72.9 Å². The van der Waals surface area contributed by atoms with Crippen molar-refractivity contribution < 1.29 is 14.3 Å². The number of benzene rings is 2. The zero-order chi connectivity index (χ0) is 17.3. The van der Waals surface area contributed by atoms with Gasteiger partial charge in [-0.15, -0.1) is 0 Å². The van der Waals surface area contributed by atoms with Crippen molar-refractivity contribution >= 4 is 28.5 Å². The molecule has 0 amide bonds. The number of carbonyl (C=O) groups is 1. The average molecular weight is 346 g/mol. The molecule has 0 aliphatic rings. The van der Waals surface area contributed by atoms with Crippen LogP contribution >= 0.6 is 11.6 Å². The second kappa shape index (κ2) is 6.65. The molecular formula is C19H17ClFNO2. The molecule has 3 aromatic rings. The maximum atomic E-state index is 13.6. The van der Waals surface area contributed by atoms with E-state index in [-0.39, 0.29) is 12.2 Å². The number of halogens is 2. The number of carboxylic acid groups (broad SMARTS) is 1. The summed E-state index contributed by atoms with van der Waals surface area (Å²) in [5.74, 6) is -1.06. The molecule has 0 bridgehead atoms. The Kier molecular flexibility index (Phi) is 4.58. The number of H-pyrrole nitrogens is 1. The molecule has 2 N–H and O–H groups in total. The van der Waals surface area contributed by atoms with Crippen LogP contribution in [0.1, 0.15) is 24.0 Å². The molecule has 3 nitrogen and oxygen atoms in total. The monoisotopic (exact) mass is 345 g/mol. The van der Waals surface area contributed by atoms with Gasteiger partial charge < -0.3 is 10.1 Å². The van der Waals surface area contributed by atoms with Crippen LogP contribution in [0.15, 0.2) is 36.4 Å². The van der Waals surface area contributed by atoms with Crippen LogP contribution in [0.2, 0.25) is 5.02 Å². The van der Waals surface area contributed by atoms with Gasteiger partial charge in [0.05, 0.1) is 0 Å². The van der Waals surface area contributed by atoms with E-state index in [0.717, 1.165) is 27.7 Å². The molecule has 0 fully saturated rings. The number of aromatic amines is 1. The Morgan fingerprint density at radius 3 is 2.75 bits per heavy atom. The van der Waals surface area contributed by atoms with Crippen LogP contribution in [0.25, 0.3) is 22.2 Å². The molecule has 3 rings (SSSR count). The molecule has 0 radical (unpaired) electrons. The van der Waals surface area contributed by atoms with Gasteiger partial charge in [0, 0.05) is 28.0 Å². The summed E-state index contributed by atoms with van der Waals surface area (Å²) in [6.07, 6.45) is 1.25. The average Bonchev–Trinajstić information content (AvgIpc) is 2.88. The van der Waals surface area contributed by atoms with Gasteiger partial charge in [-0.3, -0.25) is 4.79 Å². The molecule has 2 aromatic carbocycles. The number of nitrogens with one attached hydrogen (secondary N) is 1. The van der Waals surface area contributed by atoms with E-state index in [1.165, 1.54) is 6.07 Å². The summed E-state index contributed by atoms with van der Waals surface area (Å²) in [5.41, 5.74) is 4.29. The number of fused-ring (bicyclic) bond motifs is 1. The summed E-state index contributed by atoms with van der Waals surface area (Å²) in [5, 5.41) is 10.5. The first-order chi connectivity index (χ1) is 11.5. The predicted octanol–water partition coefficient (Wildman–Crippen LogP) is 5.34. The topological polar surface area (TPSA) is 53.1 Å². The highest BCUT2D eigenvalue weighted by atomic mass is 35.5. The zero-order valence-corrected chi connectivity index (χ0v) is 14.0. The number of aliphatic carboxylic acids is 1. The first-order valence-electron chi connectivity index (χ1n) is 7.74. The van der Waals surface area contributed by atoms with Crippen LogP contribution in [0.5, 0.6) is 0 Å². The molecule has 124 valence electrons. The first-order valence-corrected chi connectivity index (χ1v) is 8.12. The standard InChI is InChI=1S/C19H17ClFNO2/c1-11-9-12(5-7-16(11)21)19-14(3-2-4-18(23)24)15-10-13(20)6-8-17(15)22-19/h5-10,22H,2-4H2,1H3,(H,23,24). The Hall–Kier alpha value is -2.33. The van der Waals surface area contributed by atoms with E-state index < -0.39 is 5.97 Å². The van der Waals surface area contributed by atoms with E-state index in [1.54, 1.807) is 25.1 Å². The Bertz CT molecular complexity index is 917. The van der Waals surface area contributed by atoms with E-state index in [0.29, 0.717) is 23.4 Å². The molecule has 0 aliphatic heterocycles. The molecule has 0 saturated carbocycles. The Balaban J connectivity index is 2.11. The molecule has 5 heteroatoms. The van der Waals surface area contributed by atoms with Crippen molar-refractivity contribution in [1.29, 1.82) is 0 Å². The van der Waals surface area contributed by atoms with Crippen LogP contribution < -0.4 is 0 Å². The number of hydrogen-bond donors (Lipinski definition) is 2. The van der Waals surface area contributed by atoms with Crippen molar-refractivity contribution in [3.8, 4) is 11.3 Å². The van der Waals surface area contributed by atoms with Crippen LogP contribution in [0.3, 0.4) is 0 Å². The van der Waals surface area contributed by atoms with Crippen LogP contribution in [0, 0.1) is 12.7 Å². The highest BCUT2D eigenvalue weighted by Crippen LogP contribution is 2.33. The molecule has 0 saturated heterocycles. The molecule has 1 aromatic heterocycles. The van der Waals surface area contributed by atoms with Gasteiger partial charge in [-0.1, -0.05) is 11.6 Å². The fourth-order valence-corrected chi connectivity index (χ4v) is 3.11. The molecule has 0 spiro atoms. The smallest absolute Gasteiger partial charge is 0.303 e. The fourth-order valence-electron chi connectivity index (χ4n) is 2.94. The minimum absolute atomic E-state index is 0.106. The van der Waals surface area contributed by atoms with Gasteiger partial charge in [0.15, 0.2) is 0 Å². The number of aryl methyl sites for hydroxylation is 2. The highest BCUT2D eigenvalue weighted by molar-refractivity contribution is 6.31. The van der Waals surface area contributed by atoms with Gasteiger partial charge >= 0.3 is 5.97 Å². The number of aromatic nitrogens is 1. The molecule has 0 aliphatic carbocycles. The van der Waals surface area contributed by atoms with Gasteiger partial charge in [0.25, 0.3) is 0 Å². The first kappa shape index (κ1) is 16.5. The van der Waals surface area contributed by atoms with Gasteiger partial charge in [-0.25, -0.2) is 4.39 Å². The quantitative estimate of drug-likeness (QED) is 0.655. The minimum Gasteiger partial charge on any atom is -0.481 e.